The van der Waals surface area contributed by atoms with Gasteiger partial charge in [0.1, 0.15) is 11.3 Å². The van der Waals surface area contributed by atoms with Crippen molar-refractivity contribution < 1.29 is 22.7 Å². The van der Waals surface area contributed by atoms with Crippen molar-refractivity contribution in [2.45, 2.75) is 50.1 Å². The van der Waals surface area contributed by atoms with Gasteiger partial charge in [-0.3, -0.25) is 0 Å². The van der Waals surface area contributed by atoms with E-state index < -0.39 is 27.5 Å². The molecule has 9 nitrogen and oxygen atoms in total. The largest absolute Gasteiger partial charge is 0.465 e. The van der Waals surface area contributed by atoms with Crippen LogP contribution >= 0.6 is 0 Å². The number of carboxylic acid groups (broad SMARTS) is 1. The first-order chi connectivity index (χ1) is 18.5. The summed E-state index contributed by atoms with van der Waals surface area (Å²) in [6, 6.07) is 12.6. The minimum Gasteiger partial charge on any atom is -0.465 e. The smallest absolute Gasteiger partial charge is 0.407 e. The number of hydrogen-bond donors (Lipinski definition) is 2. The summed E-state index contributed by atoms with van der Waals surface area (Å²) >= 11 is 0. The van der Waals surface area contributed by atoms with E-state index in [4.69, 9.17) is 0 Å². The number of aromatic amines is 1. The molecule has 4 aromatic rings. The van der Waals surface area contributed by atoms with Crippen LogP contribution in [-0.2, 0) is 10.0 Å². The Balaban J connectivity index is 1.42. The number of amides is 1. The summed E-state index contributed by atoms with van der Waals surface area (Å²) in [7, 11) is -3.92. The van der Waals surface area contributed by atoms with Crippen molar-refractivity contribution in [3.8, 4) is 22.4 Å². The molecule has 0 bridgehead atoms. The SMILES string of the molecule is CC(C)(C)N(C(=O)O)C1CCN(S(=O)(=O)c2ccccc2-c2ccc(-c3cnc4[nH]ccc4n3)c(F)c2)CC1. The fourth-order valence-electron chi connectivity index (χ4n) is 5.25. The second-order valence-electron chi connectivity index (χ2n) is 10.6. The van der Waals surface area contributed by atoms with Crippen LogP contribution in [0.4, 0.5) is 9.18 Å². The van der Waals surface area contributed by atoms with E-state index in [1.165, 1.54) is 27.5 Å². The van der Waals surface area contributed by atoms with Crippen LogP contribution in [0.3, 0.4) is 0 Å². The molecule has 2 aromatic carbocycles. The molecule has 3 heterocycles. The first-order valence-electron chi connectivity index (χ1n) is 12.7. The summed E-state index contributed by atoms with van der Waals surface area (Å²) in [4.78, 5) is 25.1. The number of halogens is 1. The van der Waals surface area contributed by atoms with Gasteiger partial charge >= 0.3 is 6.09 Å². The molecular weight excluding hydrogens is 521 g/mol. The Morgan fingerprint density at radius 1 is 1.10 bits per heavy atom. The zero-order valence-corrected chi connectivity index (χ0v) is 22.7. The molecule has 5 rings (SSSR count). The Morgan fingerprint density at radius 2 is 1.82 bits per heavy atom. The van der Waals surface area contributed by atoms with Crippen LogP contribution in [0.25, 0.3) is 33.5 Å². The standard InChI is InChI=1S/C28H30FN5O4S/c1-28(2,3)34(27(35)36)19-11-14-33(15-12-19)39(37,38)25-7-5-4-6-20(25)18-8-9-21(22(29)16-18)24-17-31-26-23(32-24)10-13-30-26/h4-10,13,16-17,19H,11-12,14-15H2,1-3H3,(H,30,31)(H,35,36). The summed E-state index contributed by atoms with van der Waals surface area (Å²) in [5.41, 5.74) is 2.07. The van der Waals surface area contributed by atoms with Gasteiger partial charge in [0.2, 0.25) is 10.0 Å². The molecule has 0 unspecified atom stereocenters. The van der Waals surface area contributed by atoms with E-state index in [0.29, 0.717) is 40.8 Å². The summed E-state index contributed by atoms with van der Waals surface area (Å²) < 4.78 is 44.2. The third-order valence-corrected chi connectivity index (χ3v) is 9.00. The predicted molar refractivity (Wildman–Crippen MR) is 146 cm³/mol. The highest BCUT2D eigenvalue weighted by Gasteiger charge is 2.38. The molecule has 1 fully saturated rings. The number of H-pyrrole nitrogens is 1. The van der Waals surface area contributed by atoms with E-state index in [9.17, 15) is 18.3 Å². The average molecular weight is 552 g/mol. The number of piperidine rings is 1. The van der Waals surface area contributed by atoms with Crippen LogP contribution in [0.5, 0.6) is 0 Å². The highest BCUT2D eigenvalue weighted by molar-refractivity contribution is 7.89. The predicted octanol–water partition coefficient (Wildman–Crippen LogP) is 5.36. The van der Waals surface area contributed by atoms with E-state index in [0.717, 1.165) is 0 Å². The molecule has 2 aromatic heterocycles. The quantitative estimate of drug-likeness (QED) is 0.345. The molecule has 0 saturated carbocycles. The molecule has 0 radical (unpaired) electrons. The van der Waals surface area contributed by atoms with Gasteiger partial charge in [0.15, 0.2) is 5.65 Å². The van der Waals surface area contributed by atoms with Crippen LogP contribution in [0.2, 0.25) is 0 Å². The first kappa shape index (κ1) is 26.8. The fraction of sp³-hybridized carbons (Fsp3) is 0.321. The normalized spacial score (nSPS) is 15.5. The molecule has 1 amide bonds. The fourth-order valence-corrected chi connectivity index (χ4v) is 6.94. The average Bonchev–Trinajstić information content (AvgIpc) is 3.36. The van der Waals surface area contributed by atoms with Crippen LogP contribution in [0, 0.1) is 5.82 Å². The highest BCUT2D eigenvalue weighted by atomic mass is 32.2. The third-order valence-electron chi connectivity index (χ3n) is 7.04. The molecule has 39 heavy (non-hydrogen) atoms. The van der Waals surface area contributed by atoms with Crippen LogP contribution in [-0.4, -0.2) is 68.4 Å². The molecule has 11 heteroatoms. The second-order valence-corrected chi connectivity index (χ2v) is 12.5. The molecule has 204 valence electrons. The van der Waals surface area contributed by atoms with E-state index in [1.54, 1.807) is 42.6 Å². The Morgan fingerprint density at radius 3 is 2.49 bits per heavy atom. The van der Waals surface area contributed by atoms with Crippen molar-refractivity contribution in [3.63, 3.8) is 0 Å². The zero-order valence-electron chi connectivity index (χ0n) is 21.9. The van der Waals surface area contributed by atoms with Crippen molar-refractivity contribution in [1.82, 2.24) is 24.2 Å². The van der Waals surface area contributed by atoms with E-state index in [2.05, 4.69) is 15.0 Å². The minimum atomic E-state index is -3.92. The van der Waals surface area contributed by atoms with Gasteiger partial charge in [-0.25, -0.2) is 27.6 Å². The van der Waals surface area contributed by atoms with Crippen LogP contribution < -0.4 is 0 Å². The summed E-state index contributed by atoms with van der Waals surface area (Å²) in [5.74, 6) is -0.541. The summed E-state index contributed by atoms with van der Waals surface area (Å²) in [5, 5.41) is 9.73. The number of benzene rings is 2. The van der Waals surface area contributed by atoms with Crippen molar-refractivity contribution in [2.75, 3.05) is 13.1 Å². The highest BCUT2D eigenvalue weighted by Crippen LogP contribution is 2.34. The molecular formula is C28H30FN5O4S. The number of hydrogen-bond acceptors (Lipinski definition) is 5. The molecule has 1 saturated heterocycles. The van der Waals surface area contributed by atoms with Gasteiger partial charge in [-0.05, 0) is 63.4 Å². The van der Waals surface area contributed by atoms with Crippen molar-refractivity contribution in [2.24, 2.45) is 0 Å². The minimum absolute atomic E-state index is 0.0787. The Labute approximate surface area is 226 Å². The second kappa shape index (κ2) is 10.0. The van der Waals surface area contributed by atoms with Gasteiger partial charge in [-0.2, -0.15) is 4.31 Å². The van der Waals surface area contributed by atoms with Gasteiger partial charge in [0, 0.05) is 42.0 Å². The lowest BCUT2D eigenvalue weighted by atomic mass is 9.98. The summed E-state index contributed by atoms with van der Waals surface area (Å²) in [6.07, 6.45) is 2.96. The van der Waals surface area contributed by atoms with Crippen LogP contribution in [0.15, 0.2) is 65.8 Å². The van der Waals surface area contributed by atoms with Crippen LogP contribution in [0.1, 0.15) is 33.6 Å². The number of nitrogens with zero attached hydrogens (tertiary/aromatic N) is 4. The lowest BCUT2D eigenvalue weighted by Gasteiger charge is -2.43. The third kappa shape index (κ3) is 5.11. The van der Waals surface area contributed by atoms with Gasteiger partial charge in [-0.1, -0.05) is 24.3 Å². The zero-order chi connectivity index (χ0) is 27.9. The van der Waals surface area contributed by atoms with E-state index >= 15 is 4.39 Å². The van der Waals surface area contributed by atoms with Crippen molar-refractivity contribution in [1.29, 1.82) is 0 Å². The first-order valence-corrected chi connectivity index (χ1v) is 14.1. The Hall–Kier alpha value is -3.83. The molecule has 0 atom stereocenters. The number of aromatic nitrogens is 3. The van der Waals surface area contributed by atoms with Gasteiger partial charge in [-0.15, -0.1) is 0 Å². The molecule has 1 aliphatic rings. The number of sulfonamides is 1. The van der Waals surface area contributed by atoms with Crippen molar-refractivity contribution in [3.05, 3.63) is 66.7 Å². The number of fused-ring (bicyclic) bond motifs is 1. The monoisotopic (exact) mass is 551 g/mol. The van der Waals surface area contributed by atoms with Crippen molar-refractivity contribution >= 4 is 27.3 Å². The van der Waals surface area contributed by atoms with E-state index in [1.807, 2.05) is 20.8 Å². The maximum Gasteiger partial charge on any atom is 0.407 e. The number of nitrogens with one attached hydrogen (secondary N) is 1. The van der Waals surface area contributed by atoms with Gasteiger partial charge in [0.05, 0.1) is 16.8 Å². The maximum absolute atomic E-state index is 15.3. The molecule has 2 N–H and O–H groups in total. The van der Waals surface area contributed by atoms with Gasteiger partial charge in [0.25, 0.3) is 0 Å². The topological polar surface area (TPSA) is 119 Å². The molecule has 0 spiro atoms. The Kier molecular flexibility index (Phi) is 6.90. The Bertz CT molecular complexity index is 1640. The molecule has 1 aliphatic heterocycles. The van der Waals surface area contributed by atoms with E-state index in [-0.39, 0.29) is 29.6 Å². The van der Waals surface area contributed by atoms with Gasteiger partial charge < -0.3 is 15.0 Å². The number of carbonyl (C=O) groups is 1. The lowest BCUT2D eigenvalue weighted by Crippen LogP contribution is -2.55. The number of rotatable bonds is 5. The lowest BCUT2D eigenvalue weighted by molar-refractivity contribution is 0.0523. The molecule has 0 aliphatic carbocycles. The summed E-state index contributed by atoms with van der Waals surface area (Å²) in [6.45, 7) is 5.87. The maximum atomic E-state index is 15.3.